The quantitative estimate of drug-likeness (QED) is 0.631. The van der Waals surface area contributed by atoms with Crippen molar-refractivity contribution in [1.82, 2.24) is 4.90 Å². The maximum absolute atomic E-state index is 12.4. The number of rotatable bonds is 6. The Hall–Kier alpha value is -2.66. The van der Waals surface area contributed by atoms with Crippen LogP contribution in [0.3, 0.4) is 0 Å². The highest BCUT2D eigenvalue weighted by molar-refractivity contribution is 5.94. The van der Waals surface area contributed by atoms with Crippen molar-refractivity contribution in [2.24, 2.45) is 5.92 Å². The third-order valence-electron chi connectivity index (χ3n) is 4.15. The minimum absolute atomic E-state index is 0.0996. The number of piperidine rings is 1. The molecule has 1 aromatic carbocycles. The normalized spacial score (nSPS) is 15.5. The van der Waals surface area contributed by atoms with Gasteiger partial charge in [0.15, 0.2) is 0 Å². The van der Waals surface area contributed by atoms with Crippen LogP contribution in [0, 0.1) is 27.4 Å². The van der Waals surface area contributed by atoms with E-state index in [1.165, 1.54) is 25.3 Å². The molecule has 0 aliphatic carbocycles. The molecule has 0 bridgehead atoms. The highest BCUT2D eigenvalue weighted by Crippen LogP contribution is 2.30. The number of carbonyl (C=O) groups excluding carboxylic acids is 1. The molecular weight excluding hydrogens is 312 g/mol. The monoisotopic (exact) mass is 332 g/mol. The Morgan fingerprint density at radius 2 is 2.21 bits per heavy atom. The van der Waals surface area contributed by atoms with Gasteiger partial charge in [0.2, 0.25) is 5.91 Å². The minimum atomic E-state index is -0.511. The molecular formula is C16H20N4O4. The molecule has 1 aliphatic rings. The molecule has 0 radical (unpaired) electrons. The maximum Gasteiger partial charge on any atom is 0.271 e. The van der Waals surface area contributed by atoms with Crippen molar-refractivity contribution in [3.8, 4) is 11.8 Å². The van der Waals surface area contributed by atoms with Gasteiger partial charge in [-0.1, -0.05) is 0 Å². The lowest BCUT2D eigenvalue weighted by Crippen LogP contribution is -2.38. The van der Waals surface area contributed by atoms with Gasteiger partial charge in [-0.05, 0) is 32.0 Å². The first-order chi connectivity index (χ1) is 11.5. The van der Waals surface area contributed by atoms with E-state index in [4.69, 9.17) is 10.00 Å². The van der Waals surface area contributed by atoms with Crippen LogP contribution in [0.2, 0.25) is 0 Å². The molecule has 1 N–H and O–H groups in total. The third kappa shape index (κ3) is 4.43. The van der Waals surface area contributed by atoms with E-state index >= 15 is 0 Å². The summed E-state index contributed by atoms with van der Waals surface area (Å²) in [5.41, 5.74) is 0.209. The first-order valence-electron chi connectivity index (χ1n) is 7.77. The van der Waals surface area contributed by atoms with Crippen LogP contribution in [0.5, 0.6) is 5.75 Å². The highest BCUT2D eigenvalue weighted by atomic mass is 16.6. The van der Waals surface area contributed by atoms with Gasteiger partial charge in [0.1, 0.15) is 5.75 Å². The summed E-state index contributed by atoms with van der Waals surface area (Å²) in [4.78, 5) is 25.0. The van der Waals surface area contributed by atoms with E-state index < -0.39 is 4.92 Å². The second kappa shape index (κ2) is 8.26. The molecule has 24 heavy (non-hydrogen) atoms. The second-order valence-corrected chi connectivity index (χ2v) is 5.65. The lowest BCUT2D eigenvalue weighted by molar-refractivity contribution is -0.384. The highest BCUT2D eigenvalue weighted by Gasteiger charge is 2.25. The standard InChI is InChI=1S/C16H20N4O4/c1-24-15-4-3-13(20(22)23)11-14(15)18-16(21)12-5-9-19(10-6-12)8-2-7-17/h3-4,11-12H,2,5-6,8-10H2,1H3,(H,18,21). The number of ether oxygens (including phenoxy) is 1. The van der Waals surface area contributed by atoms with E-state index in [0.29, 0.717) is 30.7 Å². The fraction of sp³-hybridized carbons (Fsp3) is 0.500. The number of nitriles is 1. The van der Waals surface area contributed by atoms with Crippen LogP contribution in [0.4, 0.5) is 11.4 Å². The molecule has 1 saturated heterocycles. The Balaban J connectivity index is 1.99. The van der Waals surface area contributed by atoms with Crippen LogP contribution < -0.4 is 10.1 Å². The van der Waals surface area contributed by atoms with Crippen molar-refractivity contribution in [2.45, 2.75) is 19.3 Å². The van der Waals surface area contributed by atoms with Crippen LogP contribution in [-0.4, -0.2) is 42.5 Å². The number of nitrogens with zero attached hydrogens (tertiary/aromatic N) is 3. The van der Waals surface area contributed by atoms with Crippen LogP contribution in [0.25, 0.3) is 0 Å². The number of likely N-dealkylation sites (tertiary alicyclic amines) is 1. The fourth-order valence-corrected chi connectivity index (χ4v) is 2.77. The van der Waals surface area contributed by atoms with Gasteiger partial charge < -0.3 is 15.0 Å². The lowest BCUT2D eigenvalue weighted by atomic mass is 9.95. The Labute approximate surface area is 140 Å². The zero-order valence-electron chi connectivity index (χ0n) is 13.5. The lowest BCUT2D eigenvalue weighted by Gasteiger charge is -2.30. The van der Waals surface area contributed by atoms with Gasteiger partial charge in [0.25, 0.3) is 5.69 Å². The van der Waals surface area contributed by atoms with Gasteiger partial charge in [0.05, 0.1) is 23.8 Å². The number of non-ortho nitro benzene ring substituents is 1. The molecule has 8 heteroatoms. The van der Waals surface area contributed by atoms with Crippen molar-refractivity contribution in [3.63, 3.8) is 0 Å². The Morgan fingerprint density at radius 1 is 1.50 bits per heavy atom. The predicted octanol–water partition coefficient (Wildman–Crippen LogP) is 2.17. The van der Waals surface area contributed by atoms with Gasteiger partial charge in [-0.2, -0.15) is 5.26 Å². The zero-order valence-corrected chi connectivity index (χ0v) is 13.5. The number of amides is 1. The van der Waals surface area contributed by atoms with Crippen molar-refractivity contribution >= 4 is 17.3 Å². The Bertz CT molecular complexity index is 648. The molecule has 1 amide bonds. The summed E-state index contributed by atoms with van der Waals surface area (Å²) < 4.78 is 5.15. The molecule has 0 spiro atoms. The van der Waals surface area contributed by atoms with E-state index in [9.17, 15) is 14.9 Å². The second-order valence-electron chi connectivity index (χ2n) is 5.65. The summed E-state index contributed by atoms with van der Waals surface area (Å²) in [6.45, 7) is 2.27. The topological polar surface area (TPSA) is 108 Å². The summed E-state index contributed by atoms with van der Waals surface area (Å²) in [6, 6.07) is 6.23. The number of carbonyl (C=O) groups is 1. The number of methoxy groups -OCH3 is 1. The van der Waals surface area contributed by atoms with E-state index in [-0.39, 0.29) is 17.5 Å². The first-order valence-corrected chi connectivity index (χ1v) is 7.77. The van der Waals surface area contributed by atoms with Crippen molar-refractivity contribution in [3.05, 3.63) is 28.3 Å². The van der Waals surface area contributed by atoms with Gasteiger partial charge in [-0.15, -0.1) is 0 Å². The molecule has 2 rings (SSSR count). The average molecular weight is 332 g/mol. The Morgan fingerprint density at radius 3 is 2.79 bits per heavy atom. The smallest absolute Gasteiger partial charge is 0.271 e. The molecule has 1 heterocycles. The van der Waals surface area contributed by atoms with E-state index in [0.717, 1.165) is 19.6 Å². The number of hydrogen-bond donors (Lipinski definition) is 1. The van der Waals surface area contributed by atoms with Gasteiger partial charge >= 0.3 is 0 Å². The van der Waals surface area contributed by atoms with Crippen LogP contribution in [0.1, 0.15) is 19.3 Å². The summed E-state index contributed by atoms with van der Waals surface area (Å²) in [6.07, 6.45) is 1.89. The maximum atomic E-state index is 12.4. The number of nitro groups is 1. The molecule has 1 aromatic rings. The molecule has 8 nitrogen and oxygen atoms in total. The molecule has 1 aliphatic heterocycles. The van der Waals surface area contributed by atoms with Crippen LogP contribution in [0.15, 0.2) is 18.2 Å². The zero-order chi connectivity index (χ0) is 17.5. The molecule has 0 unspecified atom stereocenters. The fourth-order valence-electron chi connectivity index (χ4n) is 2.77. The molecule has 0 aromatic heterocycles. The average Bonchev–Trinajstić information content (AvgIpc) is 2.60. The van der Waals surface area contributed by atoms with E-state index in [1.54, 1.807) is 0 Å². The van der Waals surface area contributed by atoms with Crippen molar-refractivity contribution < 1.29 is 14.5 Å². The minimum Gasteiger partial charge on any atom is -0.495 e. The largest absolute Gasteiger partial charge is 0.495 e. The van der Waals surface area contributed by atoms with Crippen molar-refractivity contribution in [2.75, 3.05) is 32.1 Å². The molecule has 0 atom stereocenters. The predicted molar refractivity (Wildman–Crippen MR) is 87.7 cm³/mol. The van der Waals surface area contributed by atoms with Crippen LogP contribution in [-0.2, 0) is 4.79 Å². The summed E-state index contributed by atoms with van der Waals surface area (Å²) in [5.74, 6) is 0.0847. The number of hydrogen-bond acceptors (Lipinski definition) is 6. The number of nitrogens with one attached hydrogen (secondary N) is 1. The van der Waals surface area contributed by atoms with Gasteiger partial charge in [-0.3, -0.25) is 14.9 Å². The Kier molecular flexibility index (Phi) is 6.09. The van der Waals surface area contributed by atoms with Gasteiger partial charge in [-0.25, -0.2) is 0 Å². The summed E-state index contributed by atoms with van der Waals surface area (Å²) >= 11 is 0. The summed E-state index contributed by atoms with van der Waals surface area (Å²) in [5, 5.41) is 22.2. The number of nitro benzene ring substituents is 1. The molecule has 1 fully saturated rings. The third-order valence-corrected chi connectivity index (χ3v) is 4.15. The molecule has 128 valence electrons. The van der Waals surface area contributed by atoms with Crippen molar-refractivity contribution in [1.29, 1.82) is 5.26 Å². The van der Waals surface area contributed by atoms with Gasteiger partial charge in [0, 0.05) is 31.0 Å². The van der Waals surface area contributed by atoms with E-state index in [1.807, 2.05) is 0 Å². The SMILES string of the molecule is COc1ccc([N+](=O)[O-])cc1NC(=O)C1CCN(CCC#N)CC1. The summed E-state index contributed by atoms with van der Waals surface area (Å²) in [7, 11) is 1.45. The number of anilines is 1. The van der Waals surface area contributed by atoms with Crippen LogP contribution >= 0.6 is 0 Å². The van der Waals surface area contributed by atoms with E-state index in [2.05, 4.69) is 16.3 Å². The number of benzene rings is 1. The molecule has 0 saturated carbocycles. The first kappa shape index (κ1) is 17.7.